The third kappa shape index (κ3) is 4.96. The van der Waals surface area contributed by atoms with Gasteiger partial charge in [-0.3, -0.25) is 4.79 Å². The van der Waals surface area contributed by atoms with Crippen LogP contribution in [0.25, 0.3) is 0 Å². The second-order valence-corrected chi connectivity index (χ2v) is 7.24. The lowest BCUT2D eigenvalue weighted by atomic mass is 10.1. The van der Waals surface area contributed by atoms with Crippen molar-refractivity contribution in [1.29, 1.82) is 0 Å². The SMILES string of the molecule is CCOC(=O)[C@@H]1C[C@H]1c1ccc(NCc2cccc(Oc3ccccc3)c2)cc1. The van der Waals surface area contributed by atoms with Crippen molar-refractivity contribution in [3.05, 3.63) is 90.0 Å². The highest BCUT2D eigenvalue weighted by atomic mass is 16.5. The van der Waals surface area contributed by atoms with Crippen LogP contribution in [0.1, 0.15) is 30.4 Å². The Labute approximate surface area is 171 Å². The summed E-state index contributed by atoms with van der Waals surface area (Å²) in [5, 5.41) is 3.45. The van der Waals surface area contributed by atoms with E-state index in [9.17, 15) is 4.79 Å². The van der Waals surface area contributed by atoms with E-state index in [2.05, 4.69) is 35.6 Å². The Hall–Kier alpha value is -3.27. The van der Waals surface area contributed by atoms with Crippen molar-refractivity contribution in [2.75, 3.05) is 11.9 Å². The minimum absolute atomic E-state index is 0.0288. The minimum Gasteiger partial charge on any atom is -0.466 e. The van der Waals surface area contributed by atoms with Crippen molar-refractivity contribution >= 4 is 11.7 Å². The van der Waals surface area contributed by atoms with Crippen LogP contribution in [0.15, 0.2) is 78.9 Å². The first-order valence-electron chi connectivity index (χ1n) is 10.0. The Balaban J connectivity index is 1.32. The highest BCUT2D eigenvalue weighted by molar-refractivity contribution is 5.77. The molecule has 0 unspecified atom stereocenters. The third-order valence-corrected chi connectivity index (χ3v) is 5.09. The second-order valence-electron chi connectivity index (χ2n) is 7.24. The number of carbonyl (C=O) groups excluding carboxylic acids is 1. The average Bonchev–Trinajstić information content (AvgIpc) is 3.55. The summed E-state index contributed by atoms with van der Waals surface area (Å²) in [6.45, 7) is 3.00. The molecular weight excluding hydrogens is 362 g/mol. The molecule has 148 valence electrons. The van der Waals surface area contributed by atoms with E-state index in [0.29, 0.717) is 19.1 Å². The highest BCUT2D eigenvalue weighted by Crippen LogP contribution is 2.48. The van der Waals surface area contributed by atoms with Gasteiger partial charge in [-0.1, -0.05) is 42.5 Å². The summed E-state index contributed by atoms with van der Waals surface area (Å²) in [4.78, 5) is 11.8. The topological polar surface area (TPSA) is 47.6 Å². The highest BCUT2D eigenvalue weighted by Gasteiger charge is 2.44. The molecule has 0 aliphatic heterocycles. The normalized spacial score (nSPS) is 17.4. The molecule has 4 nitrogen and oxygen atoms in total. The molecular formula is C25H25NO3. The molecule has 1 aliphatic rings. The molecule has 1 saturated carbocycles. The van der Waals surface area contributed by atoms with Gasteiger partial charge in [0.15, 0.2) is 0 Å². The first kappa shape index (κ1) is 19.1. The van der Waals surface area contributed by atoms with Crippen LogP contribution < -0.4 is 10.1 Å². The quantitative estimate of drug-likeness (QED) is 0.499. The lowest BCUT2D eigenvalue weighted by Gasteiger charge is -2.10. The molecule has 29 heavy (non-hydrogen) atoms. The van der Waals surface area contributed by atoms with Crippen molar-refractivity contribution in [2.45, 2.75) is 25.8 Å². The van der Waals surface area contributed by atoms with Gasteiger partial charge < -0.3 is 14.8 Å². The number of hydrogen-bond acceptors (Lipinski definition) is 4. The van der Waals surface area contributed by atoms with Crippen molar-refractivity contribution in [1.82, 2.24) is 0 Å². The monoisotopic (exact) mass is 387 g/mol. The van der Waals surface area contributed by atoms with Crippen molar-refractivity contribution in [3.63, 3.8) is 0 Å². The molecule has 0 saturated heterocycles. The lowest BCUT2D eigenvalue weighted by molar-refractivity contribution is -0.144. The van der Waals surface area contributed by atoms with Crippen LogP contribution in [0.4, 0.5) is 5.69 Å². The third-order valence-electron chi connectivity index (χ3n) is 5.09. The summed E-state index contributed by atoms with van der Waals surface area (Å²) >= 11 is 0. The maximum absolute atomic E-state index is 11.8. The minimum atomic E-state index is -0.0719. The summed E-state index contributed by atoms with van der Waals surface area (Å²) in [7, 11) is 0. The Bertz CT molecular complexity index is 953. The van der Waals surface area contributed by atoms with Crippen LogP contribution in [0.5, 0.6) is 11.5 Å². The molecule has 2 atom stereocenters. The lowest BCUT2D eigenvalue weighted by Crippen LogP contribution is -2.07. The fraction of sp³-hybridized carbons (Fsp3) is 0.240. The van der Waals surface area contributed by atoms with Gasteiger partial charge in [-0.05, 0) is 66.8 Å². The molecule has 4 heteroatoms. The average molecular weight is 387 g/mol. The Kier molecular flexibility index (Phi) is 5.80. The Morgan fingerprint density at radius 1 is 0.966 bits per heavy atom. The van der Waals surface area contributed by atoms with Crippen LogP contribution in [0, 0.1) is 5.92 Å². The summed E-state index contributed by atoms with van der Waals surface area (Å²) in [6.07, 6.45) is 0.889. The Morgan fingerprint density at radius 3 is 2.48 bits per heavy atom. The van der Waals surface area contributed by atoms with E-state index in [1.54, 1.807) is 0 Å². The van der Waals surface area contributed by atoms with Crippen LogP contribution in [0.2, 0.25) is 0 Å². The van der Waals surface area contributed by atoms with Gasteiger partial charge in [0.05, 0.1) is 12.5 Å². The van der Waals surface area contributed by atoms with E-state index < -0.39 is 0 Å². The van der Waals surface area contributed by atoms with E-state index in [1.165, 1.54) is 5.56 Å². The van der Waals surface area contributed by atoms with Gasteiger partial charge in [-0.25, -0.2) is 0 Å². The van der Waals surface area contributed by atoms with Gasteiger partial charge >= 0.3 is 5.97 Å². The predicted molar refractivity (Wildman–Crippen MR) is 114 cm³/mol. The molecule has 3 aromatic carbocycles. The number of para-hydroxylation sites is 1. The Morgan fingerprint density at radius 2 is 1.72 bits per heavy atom. The van der Waals surface area contributed by atoms with Crippen LogP contribution in [-0.2, 0) is 16.1 Å². The van der Waals surface area contributed by atoms with Crippen LogP contribution >= 0.6 is 0 Å². The van der Waals surface area contributed by atoms with Crippen LogP contribution in [0.3, 0.4) is 0 Å². The predicted octanol–water partition coefficient (Wildman–Crippen LogP) is 5.76. The second kappa shape index (κ2) is 8.82. The van der Waals surface area contributed by atoms with E-state index in [4.69, 9.17) is 9.47 Å². The van der Waals surface area contributed by atoms with E-state index in [0.717, 1.165) is 29.2 Å². The van der Waals surface area contributed by atoms with Crippen molar-refractivity contribution in [3.8, 4) is 11.5 Å². The van der Waals surface area contributed by atoms with Gasteiger partial charge in [-0.15, -0.1) is 0 Å². The number of esters is 1. The maximum atomic E-state index is 11.8. The van der Waals surface area contributed by atoms with Gasteiger partial charge in [-0.2, -0.15) is 0 Å². The molecule has 4 rings (SSSR count). The zero-order chi connectivity index (χ0) is 20.1. The first-order chi connectivity index (χ1) is 14.2. The largest absolute Gasteiger partial charge is 0.466 e. The molecule has 1 N–H and O–H groups in total. The van der Waals surface area contributed by atoms with E-state index >= 15 is 0 Å². The number of rotatable bonds is 8. The number of nitrogens with one attached hydrogen (secondary N) is 1. The van der Waals surface area contributed by atoms with Gasteiger partial charge in [0.2, 0.25) is 0 Å². The summed E-state index contributed by atoms with van der Waals surface area (Å²) < 4.78 is 11.0. The molecule has 0 heterocycles. The molecule has 0 aromatic heterocycles. The molecule has 0 radical (unpaired) electrons. The van der Waals surface area contributed by atoms with Crippen molar-refractivity contribution < 1.29 is 14.3 Å². The molecule has 0 spiro atoms. The number of benzene rings is 3. The van der Waals surface area contributed by atoms with Gasteiger partial charge in [0.25, 0.3) is 0 Å². The summed E-state index contributed by atoms with van der Waals surface area (Å²) in [5.41, 5.74) is 3.40. The zero-order valence-electron chi connectivity index (χ0n) is 16.5. The molecule has 1 aliphatic carbocycles. The number of carbonyl (C=O) groups is 1. The standard InChI is InChI=1S/C25H25NO3/c1-2-28-25(27)24-16-23(24)19-11-13-20(14-12-19)26-17-18-7-6-10-22(15-18)29-21-8-4-3-5-9-21/h3-15,23-24,26H,2,16-17H2,1H3/t23-,24+/m0/s1. The zero-order valence-corrected chi connectivity index (χ0v) is 16.5. The molecule has 1 fully saturated rings. The fourth-order valence-electron chi connectivity index (χ4n) is 3.47. The smallest absolute Gasteiger partial charge is 0.309 e. The number of hydrogen-bond donors (Lipinski definition) is 1. The molecule has 0 amide bonds. The van der Waals surface area contributed by atoms with Crippen LogP contribution in [-0.4, -0.2) is 12.6 Å². The first-order valence-corrected chi connectivity index (χ1v) is 10.0. The number of ether oxygens (including phenoxy) is 2. The van der Waals surface area contributed by atoms with E-state index in [-0.39, 0.29) is 11.9 Å². The van der Waals surface area contributed by atoms with E-state index in [1.807, 2.05) is 55.5 Å². The molecule has 3 aromatic rings. The number of anilines is 1. The van der Waals surface area contributed by atoms with Gasteiger partial charge in [0.1, 0.15) is 11.5 Å². The molecule has 0 bridgehead atoms. The maximum Gasteiger partial charge on any atom is 0.309 e. The summed E-state index contributed by atoms with van der Waals surface area (Å²) in [6, 6.07) is 26.2. The fourth-order valence-corrected chi connectivity index (χ4v) is 3.47. The van der Waals surface area contributed by atoms with Crippen molar-refractivity contribution in [2.24, 2.45) is 5.92 Å². The summed E-state index contributed by atoms with van der Waals surface area (Å²) in [5.74, 6) is 1.91. The van der Waals surface area contributed by atoms with Gasteiger partial charge in [0, 0.05) is 12.2 Å².